The summed E-state index contributed by atoms with van der Waals surface area (Å²) in [6, 6.07) is 1.73. The van der Waals surface area contributed by atoms with Crippen LogP contribution in [0.2, 0.25) is 0 Å². The van der Waals surface area contributed by atoms with Crippen molar-refractivity contribution in [2.75, 3.05) is 18.4 Å². The standard InChI is InChI=1S/C13H19N3O4/c1-8-5-10(13(18)19)3-4-16(8)7-12(17)14-11-6-9(2)20-15-11/h6,8,10H,3-5,7H2,1-2H3,(H,18,19)(H,14,15,17). The molecule has 7 heteroatoms. The Bertz CT molecular complexity index is 500. The summed E-state index contributed by atoms with van der Waals surface area (Å²) in [5.41, 5.74) is 0. The minimum atomic E-state index is -0.751. The highest BCUT2D eigenvalue weighted by atomic mass is 16.5. The Morgan fingerprint density at radius 3 is 2.90 bits per heavy atom. The second-order valence-electron chi connectivity index (χ2n) is 5.25. The first-order valence-corrected chi connectivity index (χ1v) is 6.65. The van der Waals surface area contributed by atoms with Gasteiger partial charge in [0.05, 0.1) is 12.5 Å². The zero-order chi connectivity index (χ0) is 14.7. The molecule has 2 heterocycles. The molecular weight excluding hydrogens is 262 g/mol. The van der Waals surface area contributed by atoms with Crippen LogP contribution >= 0.6 is 0 Å². The number of nitrogens with one attached hydrogen (secondary N) is 1. The molecule has 0 radical (unpaired) electrons. The fourth-order valence-corrected chi connectivity index (χ4v) is 2.47. The van der Waals surface area contributed by atoms with E-state index in [9.17, 15) is 9.59 Å². The van der Waals surface area contributed by atoms with E-state index in [1.54, 1.807) is 13.0 Å². The van der Waals surface area contributed by atoms with E-state index in [4.69, 9.17) is 9.63 Å². The van der Waals surface area contributed by atoms with Crippen molar-refractivity contribution in [1.29, 1.82) is 0 Å². The maximum atomic E-state index is 11.9. The lowest BCUT2D eigenvalue weighted by atomic mass is 9.92. The Labute approximate surface area is 116 Å². The molecule has 7 nitrogen and oxygen atoms in total. The third-order valence-electron chi connectivity index (χ3n) is 3.61. The zero-order valence-electron chi connectivity index (χ0n) is 11.6. The predicted octanol–water partition coefficient (Wildman–Crippen LogP) is 1.11. The molecule has 20 heavy (non-hydrogen) atoms. The van der Waals surface area contributed by atoms with Crippen molar-refractivity contribution in [3.8, 4) is 0 Å². The second kappa shape index (κ2) is 6.04. The Hall–Kier alpha value is -1.89. The van der Waals surface area contributed by atoms with Gasteiger partial charge in [0.2, 0.25) is 5.91 Å². The number of rotatable bonds is 4. The minimum absolute atomic E-state index is 0.0784. The summed E-state index contributed by atoms with van der Waals surface area (Å²) in [6.07, 6.45) is 1.15. The number of carboxylic acids is 1. The molecule has 0 bridgehead atoms. The Kier molecular flexibility index (Phi) is 4.39. The molecule has 110 valence electrons. The number of piperidine rings is 1. The van der Waals surface area contributed by atoms with Gasteiger partial charge in [-0.2, -0.15) is 0 Å². The van der Waals surface area contributed by atoms with Crippen LogP contribution in [0.15, 0.2) is 10.6 Å². The maximum Gasteiger partial charge on any atom is 0.306 e. The van der Waals surface area contributed by atoms with Gasteiger partial charge in [0.1, 0.15) is 5.76 Å². The lowest BCUT2D eigenvalue weighted by Gasteiger charge is -2.35. The molecule has 1 aromatic heterocycles. The number of aliphatic carboxylic acids is 1. The highest BCUT2D eigenvalue weighted by Gasteiger charge is 2.30. The third-order valence-corrected chi connectivity index (χ3v) is 3.61. The average molecular weight is 281 g/mol. The highest BCUT2D eigenvalue weighted by molar-refractivity contribution is 5.91. The van der Waals surface area contributed by atoms with Crippen LogP contribution in [-0.4, -0.2) is 46.2 Å². The van der Waals surface area contributed by atoms with Gasteiger partial charge in [-0.1, -0.05) is 5.16 Å². The van der Waals surface area contributed by atoms with Gasteiger partial charge in [0, 0.05) is 12.1 Å². The molecule has 1 aromatic rings. The van der Waals surface area contributed by atoms with E-state index in [2.05, 4.69) is 10.5 Å². The van der Waals surface area contributed by atoms with E-state index in [0.717, 1.165) is 0 Å². The minimum Gasteiger partial charge on any atom is -0.481 e. The number of carboxylic acid groups (broad SMARTS) is 1. The number of anilines is 1. The topological polar surface area (TPSA) is 95.7 Å². The number of carbonyl (C=O) groups is 2. The van der Waals surface area contributed by atoms with Crippen LogP contribution in [0.25, 0.3) is 0 Å². The molecule has 2 N–H and O–H groups in total. The Balaban J connectivity index is 1.84. The molecule has 1 aliphatic heterocycles. The van der Waals surface area contributed by atoms with Gasteiger partial charge in [0.15, 0.2) is 5.82 Å². The number of hydrogen-bond acceptors (Lipinski definition) is 5. The highest BCUT2D eigenvalue weighted by Crippen LogP contribution is 2.22. The number of hydrogen-bond donors (Lipinski definition) is 2. The summed E-state index contributed by atoms with van der Waals surface area (Å²) in [7, 11) is 0. The quantitative estimate of drug-likeness (QED) is 0.858. The summed E-state index contributed by atoms with van der Waals surface area (Å²) < 4.78 is 4.87. The van der Waals surface area contributed by atoms with Crippen molar-refractivity contribution in [3.63, 3.8) is 0 Å². The largest absolute Gasteiger partial charge is 0.481 e. The molecule has 1 aliphatic rings. The molecule has 1 saturated heterocycles. The number of aryl methyl sites for hydroxylation is 1. The number of likely N-dealkylation sites (tertiary alicyclic amines) is 1. The molecule has 1 amide bonds. The van der Waals surface area contributed by atoms with Crippen LogP contribution < -0.4 is 5.32 Å². The summed E-state index contributed by atoms with van der Waals surface area (Å²) >= 11 is 0. The lowest BCUT2D eigenvalue weighted by molar-refractivity contribution is -0.144. The van der Waals surface area contributed by atoms with Crippen LogP contribution in [0.3, 0.4) is 0 Å². The van der Waals surface area contributed by atoms with Gasteiger partial charge in [-0.05, 0) is 33.2 Å². The third kappa shape index (κ3) is 3.57. The van der Waals surface area contributed by atoms with Crippen LogP contribution in [0, 0.1) is 12.8 Å². The number of carbonyl (C=O) groups excluding carboxylic acids is 1. The molecule has 2 rings (SSSR count). The monoisotopic (exact) mass is 281 g/mol. The van der Waals surface area contributed by atoms with E-state index in [-0.39, 0.29) is 24.4 Å². The fourth-order valence-electron chi connectivity index (χ4n) is 2.47. The average Bonchev–Trinajstić information content (AvgIpc) is 2.77. The van der Waals surface area contributed by atoms with Crippen molar-refractivity contribution in [3.05, 3.63) is 11.8 Å². The van der Waals surface area contributed by atoms with E-state index < -0.39 is 5.97 Å². The van der Waals surface area contributed by atoms with Crippen LogP contribution in [0.4, 0.5) is 5.82 Å². The second-order valence-corrected chi connectivity index (χ2v) is 5.25. The molecule has 1 fully saturated rings. The van der Waals surface area contributed by atoms with Gasteiger partial charge < -0.3 is 14.9 Å². The van der Waals surface area contributed by atoms with Gasteiger partial charge >= 0.3 is 5.97 Å². The van der Waals surface area contributed by atoms with Crippen molar-refractivity contribution in [1.82, 2.24) is 10.1 Å². The van der Waals surface area contributed by atoms with E-state index in [0.29, 0.717) is 31.0 Å². The van der Waals surface area contributed by atoms with Crippen molar-refractivity contribution < 1.29 is 19.2 Å². The van der Waals surface area contributed by atoms with Gasteiger partial charge in [-0.15, -0.1) is 0 Å². The molecule has 0 spiro atoms. The predicted molar refractivity (Wildman–Crippen MR) is 71.3 cm³/mol. The van der Waals surface area contributed by atoms with Crippen molar-refractivity contribution in [2.45, 2.75) is 32.7 Å². The Morgan fingerprint density at radius 1 is 1.60 bits per heavy atom. The molecular formula is C13H19N3O4. The van der Waals surface area contributed by atoms with Crippen LogP contribution in [0.1, 0.15) is 25.5 Å². The van der Waals surface area contributed by atoms with E-state index >= 15 is 0 Å². The summed E-state index contributed by atoms with van der Waals surface area (Å²) in [5.74, 6) is -0.183. The number of nitrogens with zero attached hydrogens (tertiary/aromatic N) is 2. The zero-order valence-corrected chi connectivity index (χ0v) is 11.6. The maximum absolute atomic E-state index is 11.9. The van der Waals surface area contributed by atoms with E-state index in [1.807, 2.05) is 11.8 Å². The first-order chi connectivity index (χ1) is 9.45. The van der Waals surface area contributed by atoms with E-state index in [1.165, 1.54) is 0 Å². The smallest absolute Gasteiger partial charge is 0.306 e. The first-order valence-electron chi connectivity index (χ1n) is 6.65. The van der Waals surface area contributed by atoms with Gasteiger partial charge in [0.25, 0.3) is 0 Å². The van der Waals surface area contributed by atoms with Gasteiger partial charge in [-0.3, -0.25) is 14.5 Å². The molecule has 0 aliphatic carbocycles. The van der Waals surface area contributed by atoms with Crippen LogP contribution in [-0.2, 0) is 9.59 Å². The molecule has 0 aromatic carbocycles. The number of aromatic nitrogens is 1. The Morgan fingerprint density at radius 2 is 2.35 bits per heavy atom. The summed E-state index contributed by atoms with van der Waals surface area (Å²) in [4.78, 5) is 24.8. The molecule has 2 atom stereocenters. The summed E-state index contributed by atoms with van der Waals surface area (Å²) in [6.45, 7) is 4.55. The van der Waals surface area contributed by atoms with Gasteiger partial charge in [-0.25, -0.2) is 0 Å². The normalized spacial score (nSPS) is 23.5. The first kappa shape index (κ1) is 14.5. The van der Waals surface area contributed by atoms with Crippen molar-refractivity contribution >= 4 is 17.7 Å². The van der Waals surface area contributed by atoms with Crippen LogP contribution in [0.5, 0.6) is 0 Å². The fraction of sp³-hybridized carbons (Fsp3) is 0.615. The molecule has 2 unspecified atom stereocenters. The number of amides is 1. The van der Waals surface area contributed by atoms with Crippen molar-refractivity contribution in [2.24, 2.45) is 5.92 Å². The molecule has 0 saturated carbocycles. The lowest BCUT2D eigenvalue weighted by Crippen LogP contribution is -2.46. The summed E-state index contributed by atoms with van der Waals surface area (Å²) in [5, 5.41) is 15.4. The SMILES string of the molecule is Cc1cc(NC(=O)CN2CCC(C(=O)O)CC2C)no1.